The molecule has 3 heterocycles. The molecule has 6 heteroatoms. The lowest BCUT2D eigenvalue weighted by Gasteiger charge is -2.07. The van der Waals surface area contributed by atoms with Crippen molar-refractivity contribution in [3.8, 4) is 28.2 Å². The lowest BCUT2D eigenvalue weighted by Crippen LogP contribution is -2.03. The predicted molar refractivity (Wildman–Crippen MR) is 110 cm³/mol. The van der Waals surface area contributed by atoms with E-state index >= 15 is 0 Å². The molecule has 0 spiro atoms. The van der Waals surface area contributed by atoms with Crippen LogP contribution < -0.4 is 4.74 Å². The second-order valence-electron chi connectivity index (χ2n) is 6.69. The van der Waals surface area contributed by atoms with Crippen molar-refractivity contribution >= 4 is 11.0 Å². The molecular formula is C23H18N4O2. The van der Waals surface area contributed by atoms with Gasteiger partial charge in [0.2, 0.25) is 0 Å². The summed E-state index contributed by atoms with van der Waals surface area (Å²) >= 11 is 0. The van der Waals surface area contributed by atoms with Crippen molar-refractivity contribution in [3.63, 3.8) is 0 Å². The fourth-order valence-corrected chi connectivity index (χ4v) is 3.36. The Kier molecular flexibility index (Phi) is 4.29. The van der Waals surface area contributed by atoms with Crippen molar-refractivity contribution in [2.75, 3.05) is 0 Å². The summed E-state index contributed by atoms with van der Waals surface area (Å²) < 4.78 is 13.5. The van der Waals surface area contributed by atoms with Gasteiger partial charge < -0.3 is 13.8 Å². The highest BCUT2D eigenvalue weighted by atomic mass is 16.5. The van der Waals surface area contributed by atoms with Crippen LogP contribution in [0, 0.1) is 0 Å². The van der Waals surface area contributed by atoms with Gasteiger partial charge in [-0.2, -0.15) is 0 Å². The van der Waals surface area contributed by atoms with Crippen molar-refractivity contribution in [2.45, 2.75) is 6.61 Å². The molecule has 0 saturated carbocycles. The first-order valence-corrected chi connectivity index (χ1v) is 9.28. The zero-order valence-electron chi connectivity index (χ0n) is 15.8. The maximum atomic E-state index is 5.95. The van der Waals surface area contributed by atoms with Gasteiger partial charge in [-0.05, 0) is 54.1 Å². The first-order valence-electron chi connectivity index (χ1n) is 9.28. The Labute approximate surface area is 167 Å². The third kappa shape index (κ3) is 3.25. The number of hydrogen-bond acceptors (Lipinski definition) is 5. The summed E-state index contributed by atoms with van der Waals surface area (Å²) in [5.74, 6) is 2.37. The lowest BCUT2D eigenvalue weighted by molar-refractivity contribution is 0.292. The van der Waals surface area contributed by atoms with Gasteiger partial charge in [-0.15, -0.1) is 0 Å². The van der Waals surface area contributed by atoms with Gasteiger partial charge >= 0.3 is 0 Å². The fourth-order valence-electron chi connectivity index (χ4n) is 3.36. The molecule has 142 valence electrons. The van der Waals surface area contributed by atoms with E-state index in [1.807, 2.05) is 61.6 Å². The number of aryl methyl sites for hydroxylation is 1. The predicted octanol–water partition coefficient (Wildman–Crippen LogP) is 4.87. The monoisotopic (exact) mass is 382 g/mol. The van der Waals surface area contributed by atoms with Crippen LogP contribution in [0.25, 0.3) is 33.5 Å². The summed E-state index contributed by atoms with van der Waals surface area (Å²) in [5.41, 5.74) is 4.94. The molecule has 29 heavy (non-hydrogen) atoms. The molecule has 0 bridgehead atoms. The Balaban J connectivity index is 1.35. The molecule has 0 aliphatic rings. The summed E-state index contributed by atoms with van der Waals surface area (Å²) in [6, 6.07) is 19.7. The summed E-state index contributed by atoms with van der Waals surface area (Å²) in [7, 11) is 2.00. The third-order valence-corrected chi connectivity index (χ3v) is 4.93. The molecule has 0 amide bonds. The van der Waals surface area contributed by atoms with E-state index in [0.29, 0.717) is 6.61 Å². The summed E-state index contributed by atoms with van der Waals surface area (Å²) in [6.45, 7) is 0.398. The molecule has 5 aromatic rings. The third-order valence-electron chi connectivity index (χ3n) is 4.93. The molecular weight excluding hydrogens is 364 g/mol. The highest BCUT2D eigenvalue weighted by molar-refractivity contribution is 5.79. The standard InChI is InChI=1S/C23H18N4O2/c1-27-21-5-3-2-4-20(21)26-22(27)15-28-18-8-6-17(7-9-18)23-19(14-25-29-23)16-10-12-24-13-11-16/h2-14H,15H2,1H3. The summed E-state index contributed by atoms with van der Waals surface area (Å²) in [4.78, 5) is 8.70. The Morgan fingerprint density at radius 2 is 1.72 bits per heavy atom. The quantitative estimate of drug-likeness (QED) is 0.434. The van der Waals surface area contributed by atoms with Crippen LogP contribution in [0.3, 0.4) is 0 Å². The van der Waals surface area contributed by atoms with Crippen molar-refractivity contribution < 1.29 is 9.26 Å². The van der Waals surface area contributed by atoms with E-state index in [-0.39, 0.29) is 0 Å². The smallest absolute Gasteiger partial charge is 0.174 e. The van der Waals surface area contributed by atoms with E-state index in [2.05, 4.69) is 25.8 Å². The first-order chi connectivity index (χ1) is 14.3. The van der Waals surface area contributed by atoms with E-state index in [1.165, 1.54) is 0 Å². The van der Waals surface area contributed by atoms with E-state index in [4.69, 9.17) is 9.26 Å². The number of ether oxygens (including phenoxy) is 1. The Morgan fingerprint density at radius 3 is 2.52 bits per heavy atom. The largest absolute Gasteiger partial charge is 0.486 e. The van der Waals surface area contributed by atoms with Gasteiger partial charge in [-0.25, -0.2) is 4.98 Å². The van der Waals surface area contributed by atoms with Gasteiger partial charge in [0.1, 0.15) is 18.2 Å². The molecule has 0 saturated heterocycles. The number of fused-ring (bicyclic) bond motifs is 1. The number of imidazole rings is 1. The van der Waals surface area contributed by atoms with E-state index in [1.54, 1.807) is 18.6 Å². The zero-order valence-corrected chi connectivity index (χ0v) is 15.8. The van der Waals surface area contributed by atoms with E-state index in [0.717, 1.165) is 45.1 Å². The van der Waals surface area contributed by atoms with Crippen LogP contribution in [-0.4, -0.2) is 19.7 Å². The molecule has 0 aliphatic heterocycles. The van der Waals surface area contributed by atoms with Crippen molar-refractivity contribution in [1.29, 1.82) is 0 Å². The van der Waals surface area contributed by atoms with Crippen LogP contribution in [0.15, 0.2) is 83.8 Å². The van der Waals surface area contributed by atoms with Crippen LogP contribution in [0.1, 0.15) is 5.82 Å². The summed E-state index contributed by atoms with van der Waals surface area (Å²) in [5, 5.41) is 3.97. The maximum Gasteiger partial charge on any atom is 0.174 e. The molecule has 0 fully saturated rings. The molecule has 0 radical (unpaired) electrons. The minimum atomic E-state index is 0.398. The number of nitrogens with zero attached hydrogens (tertiary/aromatic N) is 4. The van der Waals surface area contributed by atoms with E-state index in [9.17, 15) is 0 Å². The van der Waals surface area contributed by atoms with Gasteiger partial charge in [0, 0.05) is 30.6 Å². The fraction of sp³-hybridized carbons (Fsp3) is 0.0870. The van der Waals surface area contributed by atoms with Crippen LogP contribution in [-0.2, 0) is 13.7 Å². The number of aromatic nitrogens is 4. The van der Waals surface area contributed by atoms with Gasteiger partial charge in [-0.3, -0.25) is 4.98 Å². The van der Waals surface area contributed by atoms with Crippen LogP contribution in [0.5, 0.6) is 5.75 Å². The molecule has 0 N–H and O–H groups in total. The number of benzene rings is 2. The molecule has 0 unspecified atom stereocenters. The lowest BCUT2D eigenvalue weighted by atomic mass is 10.0. The van der Waals surface area contributed by atoms with Gasteiger partial charge in [0.05, 0.1) is 17.2 Å². The molecule has 2 aromatic carbocycles. The molecule has 3 aromatic heterocycles. The average molecular weight is 382 g/mol. The highest BCUT2D eigenvalue weighted by Crippen LogP contribution is 2.32. The number of para-hydroxylation sites is 2. The van der Waals surface area contributed by atoms with E-state index < -0.39 is 0 Å². The molecule has 0 aliphatic carbocycles. The Bertz CT molecular complexity index is 1260. The average Bonchev–Trinajstić information content (AvgIpc) is 3.39. The minimum Gasteiger partial charge on any atom is -0.486 e. The Morgan fingerprint density at radius 1 is 0.931 bits per heavy atom. The number of hydrogen-bond donors (Lipinski definition) is 0. The SMILES string of the molecule is Cn1c(COc2ccc(-c3oncc3-c3ccncc3)cc2)nc2ccccc21. The van der Waals surface area contributed by atoms with Crippen molar-refractivity contribution in [2.24, 2.45) is 7.05 Å². The van der Waals surface area contributed by atoms with Gasteiger partial charge in [0.25, 0.3) is 0 Å². The van der Waals surface area contributed by atoms with Crippen LogP contribution in [0.4, 0.5) is 0 Å². The first kappa shape index (κ1) is 17.2. The van der Waals surface area contributed by atoms with Crippen LogP contribution in [0.2, 0.25) is 0 Å². The van der Waals surface area contributed by atoms with Crippen molar-refractivity contribution in [3.05, 3.63) is 85.1 Å². The summed E-state index contributed by atoms with van der Waals surface area (Å²) in [6.07, 6.45) is 5.23. The number of rotatable bonds is 5. The van der Waals surface area contributed by atoms with Gasteiger partial charge in [-0.1, -0.05) is 17.3 Å². The minimum absolute atomic E-state index is 0.398. The molecule has 0 atom stereocenters. The number of pyridine rings is 1. The molecule has 5 rings (SSSR count). The topological polar surface area (TPSA) is 66.0 Å². The highest BCUT2D eigenvalue weighted by Gasteiger charge is 2.13. The molecule has 6 nitrogen and oxygen atoms in total. The second kappa shape index (κ2) is 7.24. The van der Waals surface area contributed by atoms with Crippen LogP contribution >= 0.6 is 0 Å². The van der Waals surface area contributed by atoms with Crippen molar-refractivity contribution in [1.82, 2.24) is 19.7 Å². The normalized spacial score (nSPS) is 11.1. The Hall–Kier alpha value is -3.93. The zero-order chi connectivity index (χ0) is 19.6. The maximum absolute atomic E-state index is 5.95. The second-order valence-corrected chi connectivity index (χ2v) is 6.69. The van der Waals surface area contributed by atoms with Gasteiger partial charge in [0.15, 0.2) is 5.76 Å².